The molecule has 23 heavy (non-hydrogen) atoms. The molecule has 0 spiro atoms. The number of carbonyl (C=O) groups is 1. The minimum Gasteiger partial charge on any atom is -0.504 e. The van der Waals surface area contributed by atoms with Crippen LogP contribution in [0.25, 0.3) is 0 Å². The molecule has 0 heterocycles. The second-order valence-electron chi connectivity index (χ2n) is 9.42. The standard InChI is InChI=1S/C20H30O3/c1-18-10-7-13(21)17(23)12(18)6-9-19(2)14-4-5-16(22)20(14,3)11-8-15(18)19/h14-16,22-23H,4-11H2,1-3H3/t14-,15+,16?,18?,19?,20?/m0/s1. The average molecular weight is 318 g/mol. The molecule has 4 aliphatic rings. The summed E-state index contributed by atoms with van der Waals surface area (Å²) in [5, 5.41) is 21.0. The van der Waals surface area contributed by atoms with Crippen molar-refractivity contribution < 1.29 is 15.0 Å². The lowest BCUT2D eigenvalue weighted by atomic mass is 9.41. The Morgan fingerprint density at radius 3 is 2.39 bits per heavy atom. The van der Waals surface area contributed by atoms with Crippen LogP contribution in [-0.4, -0.2) is 22.1 Å². The van der Waals surface area contributed by atoms with Gasteiger partial charge in [0.2, 0.25) is 0 Å². The van der Waals surface area contributed by atoms with E-state index in [1.807, 2.05) is 0 Å². The lowest BCUT2D eigenvalue weighted by Gasteiger charge is -2.63. The topological polar surface area (TPSA) is 57.5 Å². The van der Waals surface area contributed by atoms with Gasteiger partial charge in [-0.1, -0.05) is 20.8 Å². The van der Waals surface area contributed by atoms with Crippen molar-refractivity contribution in [2.45, 2.75) is 78.2 Å². The number of fused-ring (bicyclic) bond motifs is 5. The van der Waals surface area contributed by atoms with Crippen LogP contribution in [0.5, 0.6) is 0 Å². The highest BCUT2D eigenvalue weighted by Crippen LogP contribution is 2.70. The lowest BCUT2D eigenvalue weighted by Crippen LogP contribution is -2.57. The normalized spacial score (nSPS) is 52.9. The molecule has 0 aromatic rings. The molecule has 6 atom stereocenters. The van der Waals surface area contributed by atoms with E-state index in [4.69, 9.17) is 0 Å². The largest absolute Gasteiger partial charge is 0.504 e. The summed E-state index contributed by atoms with van der Waals surface area (Å²) in [4.78, 5) is 12.0. The molecule has 0 radical (unpaired) electrons. The van der Waals surface area contributed by atoms with Gasteiger partial charge < -0.3 is 10.2 Å². The lowest BCUT2D eigenvalue weighted by molar-refractivity contribution is -0.137. The maximum atomic E-state index is 12.0. The van der Waals surface area contributed by atoms with E-state index in [2.05, 4.69) is 20.8 Å². The molecule has 0 amide bonds. The van der Waals surface area contributed by atoms with E-state index >= 15 is 0 Å². The van der Waals surface area contributed by atoms with Gasteiger partial charge in [-0.05, 0) is 78.6 Å². The van der Waals surface area contributed by atoms with Crippen LogP contribution >= 0.6 is 0 Å². The number of Topliss-reactive ketones (excluding diaryl/α,β-unsaturated/α-hetero) is 1. The molecule has 3 saturated carbocycles. The van der Waals surface area contributed by atoms with E-state index in [0.717, 1.165) is 50.5 Å². The first-order valence-corrected chi connectivity index (χ1v) is 9.37. The SMILES string of the molecule is CC12CCC(=O)C(O)=C1CCC1(C)[C@@H]2CCC2(C)C(O)CC[C@H]21. The fourth-order valence-electron chi connectivity index (χ4n) is 7.33. The van der Waals surface area contributed by atoms with Gasteiger partial charge in [-0.25, -0.2) is 0 Å². The maximum absolute atomic E-state index is 12.0. The number of ketones is 1. The Kier molecular flexibility index (Phi) is 3.15. The first kappa shape index (κ1) is 15.7. The first-order chi connectivity index (χ1) is 10.7. The van der Waals surface area contributed by atoms with Gasteiger partial charge in [0.1, 0.15) is 0 Å². The summed E-state index contributed by atoms with van der Waals surface area (Å²) in [6.07, 6.45) is 7.38. The van der Waals surface area contributed by atoms with E-state index in [1.165, 1.54) is 0 Å². The van der Waals surface area contributed by atoms with E-state index in [-0.39, 0.29) is 33.9 Å². The van der Waals surface area contributed by atoms with E-state index < -0.39 is 0 Å². The van der Waals surface area contributed by atoms with Gasteiger partial charge in [0.05, 0.1) is 6.10 Å². The molecule has 4 rings (SSSR count). The monoisotopic (exact) mass is 318 g/mol. The Balaban J connectivity index is 1.78. The van der Waals surface area contributed by atoms with Crippen molar-refractivity contribution in [3.63, 3.8) is 0 Å². The van der Waals surface area contributed by atoms with Crippen molar-refractivity contribution in [1.82, 2.24) is 0 Å². The van der Waals surface area contributed by atoms with Gasteiger partial charge in [-0.3, -0.25) is 4.79 Å². The number of aliphatic hydroxyl groups excluding tert-OH is 2. The smallest absolute Gasteiger partial charge is 0.197 e. The minimum atomic E-state index is -0.156. The molecular formula is C20H30O3. The molecule has 0 aromatic heterocycles. The summed E-state index contributed by atoms with van der Waals surface area (Å²) in [6.45, 7) is 7.03. The van der Waals surface area contributed by atoms with Crippen LogP contribution in [0.4, 0.5) is 0 Å². The average Bonchev–Trinajstić information content (AvgIpc) is 2.80. The Bertz CT molecular complexity index is 594. The number of aliphatic hydroxyl groups is 2. The third kappa shape index (κ3) is 1.78. The van der Waals surface area contributed by atoms with Gasteiger partial charge in [0.15, 0.2) is 11.5 Å². The van der Waals surface area contributed by atoms with Crippen molar-refractivity contribution in [1.29, 1.82) is 0 Å². The minimum absolute atomic E-state index is 0.0279. The molecule has 3 heteroatoms. The Hall–Kier alpha value is -0.830. The van der Waals surface area contributed by atoms with Gasteiger partial charge in [0.25, 0.3) is 0 Å². The van der Waals surface area contributed by atoms with Crippen LogP contribution in [0, 0.1) is 28.1 Å². The van der Waals surface area contributed by atoms with Gasteiger partial charge in [-0.15, -0.1) is 0 Å². The quantitative estimate of drug-likeness (QED) is 0.705. The van der Waals surface area contributed by atoms with Crippen LogP contribution in [-0.2, 0) is 4.79 Å². The molecule has 0 aliphatic heterocycles. The molecule has 3 fully saturated rings. The Morgan fingerprint density at radius 2 is 1.65 bits per heavy atom. The van der Waals surface area contributed by atoms with E-state index in [0.29, 0.717) is 18.3 Å². The predicted octanol–water partition coefficient (Wildman–Crippen LogP) is 4.16. The zero-order valence-corrected chi connectivity index (χ0v) is 14.7. The van der Waals surface area contributed by atoms with Crippen LogP contribution in [0.3, 0.4) is 0 Å². The van der Waals surface area contributed by atoms with Crippen LogP contribution in [0.2, 0.25) is 0 Å². The fourth-order valence-corrected chi connectivity index (χ4v) is 7.33. The first-order valence-electron chi connectivity index (χ1n) is 9.37. The fraction of sp³-hybridized carbons (Fsp3) is 0.850. The number of hydrogen-bond acceptors (Lipinski definition) is 3. The highest BCUT2D eigenvalue weighted by molar-refractivity contribution is 5.95. The third-order valence-corrected chi connectivity index (χ3v) is 8.64. The second-order valence-corrected chi connectivity index (χ2v) is 9.42. The molecule has 0 bridgehead atoms. The molecule has 4 aliphatic carbocycles. The summed E-state index contributed by atoms with van der Waals surface area (Å²) in [5.41, 5.74) is 1.30. The number of allylic oxidation sites excluding steroid dienone is 1. The highest BCUT2D eigenvalue weighted by atomic mass is 16.3. The molecular weight excluding hydrogens is 288 g/mol. The summed E-state index contributed by atoms with van der Waals surface area (Å²) in [7, 11) is 0. The number of carbonyl (C=O) groups excluding carboxylic acids is 1. The van der Waals surface area contributed by atoms with Crippen LogP contribution in [0.1, 0.15) is 72.1 Å². The third-order valence-electron chi connectivity index (χ3n) is 8.64. The predicted molar refractivity (Wildman–Crippen MR) is 88.9 cm³/mol. The van der Waals surface area contributed by atoms with Gasteiger partial charge in [0, 0.05) is 6.42 Å². The van der Waals surface area contributed by atoms with E-state index in [1.54, 1.807) is 0 Å². The van der Waals surface area contributed by atoms with Crippen LogP contribution in [0.15, 0.2) is 11.3 Å². The zero-order chi connectivity index (χ0) is 16.6. The molecule has 3 nitrogen and oxygen atoms in total. The molecule has 2 N–H and O–H groups in total. The number of hydrogen-bond donors (Lipinski definition) is 2. The van der Waals surface area contributed by atoms with Crippen molar-refractivity contribution in [3.8, 4) is 0 Å². The van der Waals surface area contributed by atoms with Crippen LogP contribution < -0.4 is 0 Å². The van der Waals surface area contributed by atoms with Crippen molar-refractivity contribution in [3.05, 3.63) is 11.3 Å². The number of rotatable bonds is 0. The van der Waals surface area contributed by atoms with Crippen molar-refractivity contribution in [2.24, 2.45) is 28.1 Å². The molecule has 128 valence electrons. The highest BCUT2D eigenvalue weighted by Gasteiger charge is 2.64. The van der Waals surface area contributed by atoms with E-state index in [9.17, 15) is 15.0 Å². The Labute approximate surface area is 139 Å². The summed E-state index contributed by atoms with van der Waals surface area (Å²) in [5.74, 6) is 1.12. The molecule has 4 unspecified atom stereocenters. The van der Waals surface area contributed by atoms with Gasteiger partial charge in [-0.2, -0.15) is 0 Å². The summed E-state index contributed by atoms with van der Waals surface area (Å²) >= 11 is 0. The van der Waals surface area contributed by atoms with Crippen molar-refractivity contribution in [2.75, 3.05) is 0 Å². The second kappa shape index (κ2) is 4.62. The Morgan fingerprint density at radius 1 is 0.913 bits per heavy atom. The molecule has 0 saturated heterocycles. The summed E-state index contributed by atoms with van der Waals surface area (Å²) in [6, 6.07) is 0. The zero-order valence-electron chi connectivity index (χ0n) is 14.7. The molecule has 0 aromatic carbocycles. The summed E-state index contributed by atoms with van der Waals surface area (Å²) < 4.78 is 0. The maximum Gasteiger partial charge on any atom is 0.197 e. The van der Waals surface area contributed by atoms with Gasteiger partial charge >= 0.3 is 0 Å². The van der Waals surface area contributed by atoms with Crippen molar-refractivity contribution >= 4 is 5.78 Å².